The molecule has 1 atom stereocenters. The highest BCUT2D eigenvalue weighted by atomic mass is 16.3. The molecule has 0 radical (unpaired) electrons. The first-order chi connectivity index (χ1) is 7.90. The van der Waals surface area contributed by atoms with Gasteiger partial charge in [-0.1, -0.05) is 26.0 Å². The van der Waals surface area contributed by atoms with Crippen molar-refractivity contribution in [3.8, 4) is 0 Å². The molecule has 1 saturated heterocycles. The minimum atomic E-state index is -0.240. The van der Waals surface area contributed by atoms with Crippen molar-refractivity contribution in [3.63, 3.8) is 0 Å². The maximum Gasteiger partial charge on any atom is 0.0766 e. The summed E-state index contributed by atoms with van der Waals surface area (Å²) in [5.41, 5.74) is 3.90. The second-order valence-corrected chi connectivity index (χ2v) is 5.99. The van der Waals surface area contributed by atoms with Crippen molar-refractivity contribution in [2.45, 2.75) is 40.2 Å². The van der Waals surface area contributed by atoms with Crippen LogP contribution in [-0.2, 0) is 0 Å². The lowest BCUT2D eigenvalue weighted by Crippen LogP contribution is -2.48. The van der Waals surface area contributed by atoms with E-state index in [0.717, 1.165) is 19.5 Å². The number of aliphatic hydroxyl groups is 1. The molecule has 1 aromatic carbocycles. The zero-order valence-corrected chi connectivity index (χ0v) is 11.3. The molecule has 2 rings (SSSR count). The van der Waals surface area contributed by atoms with Gasteiger partial charge in [-0.05, 0) is 42.9 Å². The zero-order chi connectivity index (χ0) is 12.6. The van der Waals surface area contributed by atoms with Gasteiger partial charge in [0.2, 0.25) is 0 Å². The quantitative estimate of drug-likeness (QED) is 0.806. The highest BCUT2D eigenvalue weighted by Crippen LogP contribution is 2.33. The average Bonchev–Trinajstić information content (AvgIpc) is 2.26. The third kappa shape index (κ3) is 2.47. The Bertz CT molecular complexity index is 411. The van der Waals surface area contributed by atoms with Crippen LogP contribution in [0.2, 0.25) is 0 Å². The highest BCUT2D eigenvalue weighted by Gasteiger charge is 2.34. The summed E-state index contributed by atoms with van der Waals surface area (Å²) in [7, 11) is 0. The van der Waals surface area contributed by atoms with Crippen LogP contribution in [-0.4, -0.2) is 24.3 Å². The fourth-order valence-corrected chi connectivity index (χ4v) is 2.42. The molecule has 2 nitrogen and oxygen atoms in total. The molecule has 1 aromatic rings. The van der Waals surface area contributed by atoms with Gasteiger partial charge in [-0.15, -0.1) is 0 Å². The molecular weight excluding hydrogens is 210 g/mol. The monoisotopic (exact) mass is 233 g/mol. The molecule has 1 fully saturated rings. The third-order valence-electron chi connectivity index (χ3n) is 4.03. The third-order valence-corrected chi connectivity index (χ3v) is 4.03. The van der Waals surface area contributed by atoms with E-state index < -0.39 is 0 Å². The number of aliphatic hydroxyl groups excluding tert-OH is 1. The van der Waals surface area contributed by atoms with E-state index in [1.807, 2.05) is 0 Å². The van der Waals surface area contributed by atoms with E-state index in [0.29, 0.717) is 0 Å². The number of rotatable bonds is 1. The van der Waals surface area contributed by atoms with Crippen molar-refractivity contribution in [1.82, 2.24) is 0 Å². The van der Waals surface area contributed by atoms with Gasteiger partial charge in [0, 0.05) is 18.8 Å². The first-order valence-corrected chi connectivity index (χ1v) is 6.40. The molecule has 0 spiro atoms. The van der Waals surface area contributed by atoms with Crippen molar-refractivity contribution in [1.29, 1.82) is 0 Å². The maximum atomic E-state index is 10.2. The van der Waals surface area contributed by atoms with Gasteiger partial charge in [0.1, 0.15) is 0 Å². The van der Waals surface area contributed by atoms with E-state index in [4.69, 9.17) is 0 Å². The van der Waals surface area contributed by atoms with Gasteiger partial charge in [-0.3, -0.25) is 0 Å². The summed E-state index contributed by atoms with van der Waals surface area (Å²) in [5.74, 6) is 0. The van der Waals surface area contributed by atoms with Crippen LogP contribution in [0, 0.1) is 19.3 Å². The second-order valence-electron chi connectivity index (χ2n) is 5.99. The van der Waals surface area contributed by atoms with Crippen LogP contribution in [0.5, 0.6) is 0 Å². The van der Waals surface area contributed by atoms with Gasteiger partial charge in [0.05, 0.1) is 6.10 Å². The lowest BCUT2D eigenvalue weighted by molar-refractivity contribution is 0.0351. The molecule has 0 aliphatic carbocycles. The van der Waals surface area contributed by atoms with E-state index in [1.54, 1.807) is 0 Å². The Morgan fingerprint density at radius 3 is 2.65 bits per heavy atom. The van der Waals surface area contributed by atoms with Crippen LogP contribution in [0.4, 0.5) is 5.69 Å². The van der Waals surface area contributed by atoms with Crippen LogP contribution < -0.4 is 4.90 Å². The highest BCUT2D eigenvalue weighted by molar-refractivity contribution is 5.55. The van der Waals surface area contributed by atoms with Gasteiger partial charge in [0.15, 0.2) is 0 Å². The minimum Gasteiger partial charge on any atom is -0.391 e. The molecule has 94 valence electrons. The zero-order valence-electron chi connectivity index (χ0n) is 11.3. The Kier molecular flexibility index (Phi) is 3.17. The fourth-order valence-electron chi connectivity index (χ4n) is 2.42. The SMILES string of the molecule is Cc1ccc(C)c(N2CCC(C)(C)C(O)C2)c1. The van der Waals surface area contributed by atoms with Crippen LogP contribution in [0.25, 0.3) is 0 Å². The summed E-state index contributed by atoms with van der Waals surface area (Å²) in [4.78, 5) is 2.32. The summed E-state index contributed by atoms with van der Waals surface area (Å²) in [6.07, 6.45) is 0.804. The largest absolute Gasteiger partial charge is 0.391 e. The van der Waals surface area contributed by atoms with E-state index in [-0.39, 0.29) is 11.5 Å². The number of hydrogen-bond donors (Lipinski definition) is 1. The molecule has 0 bridgehead atoms. The molecule has 1 heterocycles. The van der Waals surface area contributed by atoms with Crippen molar-refractivity contribution in [3.05, 3.63) is 29.3 Å². The molecule has 0 saturated carbocycles. The topological polar surface area (TPSA) is 23.5 Å². The number of nitrogens with zero attached hydrogens (tertiary/aromatic N) is 1. The van der Waals surface area contributed by atoms with Crippen molar-refractivity contribution >= 4 is 5.69 Å². The van der Waals surface area contributed by atoms with Gasteiger partial charge in [-0.2, -0.15) is 0 Å². The van der Waals surface area contributed by atoms with Crippen LogP contribution in [0.3, 0.4) is 0 Å². The Balaban J connectivity index is 2.22. The standard InChI is InChI=1S/C15H23NO/c1-11-5-6-12(2)13(9-11)16-8-7-15(3,4)14(17)10-16/h5-6,9,14,17H,7-8,10H2,1-4H3. The summed E-state index contributed by atoms with van der Waals surface area (Å²) >= 11 is 0. The first kappa shape index (κ1) is 12.4. The summed E-state index contributed by atoms with van der Waals surface area (Å²) in [6, 6.07) is 6.53. The van der Waals surface area contributed by atoms with Crippen molar-refractivity contribution in [2.24, 2.45) is 5.41 Å². The summed E-state index contributed by atoms with van der Waals surface area (Å²) in [6.45, 7) is 10.3. The molecule has 1 N–H and O–H groups in total. The van der Waals surface area contributed by atoms with Gasteiger partial charge >= 0.3 is 0 Å². The van der Waals surface area contributed by atoms with E-state index in [2.05, 4.69) is 50.8 Å². The Morgan fingerprint density at radius 2 is 2.00 bits per heavy atom. The number of piperidine rings is 1. The van der Waals surface area contributed by atoms with Crippen molar-refractivity contribution in [2.75, 3.05) is 18.0 Å². The molecule has 1 aliphatic rings. The summed E-state index contributed by atoms with van der Waals surface area (Å²) < 4.78 is 0. The minimum absolute atomic E-state index is 0.0498. The first-order valence-electron chi connectivity index (χ1n) is 6.40. The average molecular weight is 233 g/mol. The number of hydrogen-bond acceptors (Lipinski definition) is 2. The Labute approximate surface area is 104 Å². The van der Waals surface area contributed by atoms with E-state index >= 15 is 0 Å². The molecule has 0 amide bonds. The van der Waals surface area contributed by atoms with E-state index in [1.165, 1.54) is 16.8 Å². The normalized spacial score (nSPS) is 23.8. The van der Waals surface area contributed by atoms with Crippen LogP contribution in [0.1, 0.15) is 31.4 Å². The predicted molar refractivity (Wildman–Crippen MR) is 72.5 cm³/mol. The predicted octanol–water partition coefficient (Wildman–Crippen LogP) is 2.90. The lowest BCUT2D eigenvalue weighted by atomic mass is 9.80. The van der Waals surface area contributed by atoms with Gasteiger partial charge in [0.25, 0.3) is 0 Å². The Morgan fingerprint density at radius 1 is 1.29 bits per heavy atom. The molecule has 1 unspecified atom stereocenters. The number of benzene rings is 1. The smallest absolute Gasteiger partial charge is 0.0766 e. The van der Waals surface area contributed by atoms with Gasteiger partial charge < -0.3 is 10.0 Å². The number of β-amino-alcohol motifs (C(OH)–C–C–N with tert-alkyl or cyclic N) is 1. The lowest BCUT2D eigenvalue weighted by Gasteiger charge is -2.42. The van der Waals surface area contributed by atoms with Crippen molar-refractivity contribution < 1.29 is 5.11 Å². The Hall–Kier alpha value is -1.02. The maximum absolute atomic E-state index is 10.2. The molecular formula is C15H23NO. The molecule has 1 aliphatic heterocycles. The number of aryl methyl sites for hydroxylation is 2. The van der Waals surface area contributed by atoms with E-state index in [9.17, 15) is 5.11 Å². The number of anilines is 1. The molecule has 2 heteroatoms. The van der Waals surface area contributed by atoms with Crippen LogP contribution >= 0.6 is 0 Å². The van der Waals surface area contributed by atoms with Gasteiger partial charge in [-0.25, -0.2) is 0 Å². The second kappa shape index (κ2) is 4.34. The van der Waals surface area contributed by atoms with Crippen LogP contribution in [0.15, 0.2) is 18.2 Å². The fraction of sp³-hybridized carbons (Fsp3) is 0.600. The molecule has 0 aromatic heterocycles. The molecule has 17 heavy (non-hydrogen) atoms. The summed E-state index contributed by atoms with van der Waals surface area (Å²) in [5, 5.41) is 10.2.